The lowest BCUT2D eigenvalue weighted by Gasteiger charge is -2.52. The van der Waals surface area contributed by atoms with Crippen molar-refractivity contribution in [3.63, 3.8) is 0 Å². The summed E-state index contributed by atoms with van der Waals surface area (Å²) in [7, 11) is 0. The Bertz CT molecular complexity index is 1150. The second kappa shape index (κ2) is 16.3. The first-order chi connectivity index (χ1) is 22.1. The van der Waals surface area contributed by atoms with E-state index in [1.807, 2.05) is 12.1 Å². The third-order valence-corrected chi connectivity index (χ3v) is 12.2. The molecular formula is C37H51F5O3S. The molecule has 1 aromatic carbocycles. The molecule has 3 nitrogen and oxygen atoms in total. The van der Waals surface area contributed by atoms with E-state index >= 15 is 0 Å². The highest BCUT2D eigenvalue weighted by Gasteiger charge is 2.57. The fraction of sp³-hybridized carbons (Fsp3) is 0.757. The van der Waals surface area contributed by atoms with Crippen molar-refractivity contribution < 1.29 is 36.2 Å². The molecule has 0 aromatic heterocycles. The summed E-state index contributed by atoms with van der Waals surface area (Å²) in [6.45, 7) is 1.45. The van der Waals surface area contributed by atoms with Crippen LogP contribution in [0.1, 0.15) is 125 Å². The van der Waals surface area contributed by atoms with Gasteiger partial charge >= 0.3 is 12.1 Å². The Morgan fingerprint density at radius 3 is 2.41 bits per heavy atom. The van der Waals surface area contributed by atoms with Crippen molar-refractivity contribution in [1.29, 1.82) is 0 Å². The molecule has 1 aromatic rings. The van der Waals surface area contributed by atoms with Crippen LogP contribution in [0, 0.1) is 23.2 Å². The summed E-state index contributed by atoms with van der Waals surface area (Å²) in [4.78, 5) is 14.0. The van der Waals surface area contributed by atoms with Gasteiger partial charge in [0.1, 0.15) is 0 Å². The number of alkyl halides is 5. The largest absolute Gasteiger partial charge is 0.453 e. The first kappa shape index (κ1) is 35.8. The summed E-state index contributed by atoms with van der Waals surface area (Å²) < 4.78 is 75.0. The third-order valence-electron chi connectivity index (χ3n) is 11.0. The van der Waals surface area contributed by atoms with E-state index in [-0.39, 0.29) is 24.0 Å². The van der Waals surface area contributed by atoms with Crippen molar-refractivity contribution in [2.75, 3.05) is 24.7 Å². The number of carbonyl (C=O) groups excluding carboxylic acids is 1. The van der Waals surface area contributed by atoms with Crippen LogP contribution in [-0.4, -0.2) is 48.9 Å². The number of ether oxygens (including phenoxy) is 2. The highest BCUT2D eigenvalue weighted by molar-refractivity contribution is 7.99. The Hall–Kier alpha value is -1.45. The van der Waals surface area contributed by atoms with E-state index in [9.17, 15) is 26.7 Å². The number of carbonyl (C=O) groups is 1. The number of halogens is 5. The van der Waals surface area contributed by atoms with Gasteiger partial charge in [0.2, 0.25) is 0 Å². The highest BCUT2D eigenvalue weighted by Crippen LogP contribution is 2.61. The molecule has 5 rings (SSSR count). The Morgan fingerprint density at radius 1 is 0.913 bits per heavy atom. The fourth-order valence-corrected chi connectivity index (χ4v) is 9.55. The Balaban J connectivity index is 1.05. The molecule has 9 heteroatoms. The summed E-state index contributed by atoms with van der Waals surface area (Å²) in [5.74, 6) is -1.92. The number of hydrogen-bond acceptors (Lipinski definition) is 4. The second-order valence-corrected chi connectivity index (χ2v) is 15.3. The van der Waals surface area contributed by atoms with Crippen LogP contribution in [0.4, 0.5) is 22.0 Å². The average molecular weight is 671 g/mol. The zero-order chi connectivity index (χ0) is 32.6. The summed E-state index contributed by atoms with van der Waals surface area (Å²) in [5.41, 5.74) is 2.17. The fourth-order valence-electron chi connectivity index (χ4n) is 8.59. The van der Waals surface area contributed by atoms with Crippen molar-refractivity contribution >= 4 is 17.5 Å². The van der Waals surface area contributed by atoms with Gasteiger partial charge in [-0.15, -0.1) is 0 Å². The number of benzene rings is 1. The molecule has 1 saturated carbocycles. The molecule has 258 valence electrons. The van der Waals surface area contributed by atoms with Crippen LogP contribution >= 0.6 is 11.8 Å². The highest BCUT2D eigenvalue weighted by atomic mass is 32.2. The Labute approximate surface area is 275 Å². The maximum absolute atomic E-state index is 14.0. The molecule has 4 aliphatic rings. The molecule has 0 amide bonds. The molecule has 46 heavy (non-hydrogen) atoms. The number of fused-ring (bicyclic) bond motifs is 5. The summed E-state index contributed by atoms with van der Waals surface area (Å²) in [6, 6.07) is 8.31. The van der Waals surface area contributed by atoms with E-state index in [0.29, 0.717) is 35.9 Å². The first-order valence-electron chi connectivity index (χ1n) is 17.7. The number of thioether (sulfide) groups is 1. The van der Waals surface area contributed by atoms with Gasteiger partial charge in [-0.2, -0.15) is 33.7 Å². The van der Waals surface area contributed by atoms with Crippen LogP contribution in [0.25, 0.3) is 0 Å². The SMILES string of the molecule is O=C1c2ccccc2[C@H]2CC[C@]3(COC4CCCCO4)C=CC[C@H]3[C@@H]2[C@@H]1CCCCCCCCCSCCCC(F)(F)C(F)(F)F. The molecule has 6 atom stereocenters. The van der Waals surface area contributed by atoms with Crippen molar-refractivity contribution in [3.8, 4) is 0 Å². The normalized spacial score (nSPS) is 29.4. The molecule has 0 N–H and O–H groups in total. The molecular weight excluding hydrogens is 619 g/mol. The van der Waals surface area contributed by atoms with Gasteiger partial charge < -0.3 is 9.47 Å². The second-order valence-electron chi connectivity index (χ2n) is 14.0. The number of allylic oxidation sites excluding steroid dienone is 1. The maximum Gasteiger partial charge on any atom is 0.453 e. The molecule has 1 unspecified atom stereocenters. The number of Topliss-reactive ketones (excluding diaryl/α,β-unsaturated/α-hetero) is 1. The van der Waals surface area contributed by atoms with Crippen molar-refractivity contribution in [2.24, 2.45) is 23.2 Å². The molecule has 1 heterocycles. The van der Waals surface area contributed by atoms with Gasteiger partial charge in [0.05, 0.1) is 6.61 Å². The monoisotopic (exact) mass is 670 g/mol. The van der Waals surface area contributed by atoms with Crippen LogP contribution in [-0.2, 0) is 9.47 Å². The zero-order valence-electron chi connectivity index (χ0n) is 27.0. The van der Waals surface area contributed by atoms with Gasteiger partial charge in [0.25, 0.3) is 0 Å². The lowest BCUT2D eigenvalue weighted by atomic mass is 9.51. The zero-order valence-corrected chi connectivity index (χ0v) is 27.8. The topological polar surface area (TPSA) is 35.5 Å². The molecule has 1 saturated heterocycles. The standard InChI is InChI=1S/C37H51F5O3S/c38-36(39,37(40,41)42)21-13-25-46-24-11-5-3-1-2-4-6-16-30-33-28(27-14-7-8-15-29(27)34(30)43)19-22-35(20-12-17-31(33)35)26-45-32-18-9-10-23-44-32/h7-8,12,14-15,20,28,30-33H,1-6,9-11,13,16-19,21-26H2/t28-,30+,31+,32?,33+,35+/m1/s1. The van der Waals surface area contributed by atoms with E-state index in [0.717, 1.165) is 108 Å². The minimum atomic E-state index is -5.45. The predicted molar refractivity (Wildman–Crippen MR) is 173 cm³/mol. The Kier molecular flexibility index (Phi) is 12.7. The van der Waals surface area contributed by atoms with Gasteiger partial charge in [-0.1, -0.05) is 74.9 Å². The van der Waals surface area contributed by atoms with Gasteiger partial charge in [0, 0.05) is 29.9 Å². The number of rotatable bonds is 17. The lowest BCUT2D eigenvalue weighted by Crippen LogP contribution is -2.49. The molecule has 2 fully saturated rings. The molecule has 0 radical (unpaired) electrons. The average Bonchev–Trinajstić information content (AvgIpc) is 3.48. The summed E-state index contributed by atoms with van der Waals surface area (Å²) in [5, 5.41) is 0. The van der Waals surface area contributed by atoms with E-state index in [1.54, 1.807) is 0 Å². The van der Waals surface area contributed by atoms with Gasteiger partial charge in [-0.3, -0.25) is 4.79 Å². The minimum absolute atomic E-state index is 0.0147. The summed E-state index contributed by atoms with van der Waals surface area (Å²) in [6.07, 6.45) is 12.7. The van der Waals surface area contributed by atoms with Crippen LogP contribution in [0.3, 0.4) is 0 Å². The van der Waals surface area contributed by atoms with Gasteiger partial charge in [-0.05, 0) is 92.6 Å². The minimum Gasteiger partial charge on any atom is -0.353 e. The van der Waals surface area contributed by atoms with Crippen LogP contribution < -0.4 is 0 Å². The smallest absolute Gasteiger partial charge is 0.353 e. The number of unbranched alkanes of at least 4 members (excludes halogenated alkanes) is 6. The quantitative estimate of drug-likeness (QED) is 0.0939. The van der Waals surface area contributed by atoms with E-state index < -0.39 is 18.5 Å². The van der Waals surface area contributed by atoms with Crippen molar-refractivity contribution in [1.82, 2.24) is 0 Å². The van der Waals surface area contributed by atoms with E-state index in [4.69, 9.17) is 9.47 Å². The van der Waals surface area contributed by atoms with E-state index in [1.165, 1.54) is 17.3 Å². The van der Waals surface area contributed by atoms with Gasteiger partial charge in [0.15, 0.2) is 12.1 Å². The van der Waals surface area contributed by atoms with E-state index in [2.05, 4.69) is 24.3 Å². The first-order valence-corrected chi connectivity index (χ1v) is 18.8. The third kappa shape index (κ3) is 8.58. The van der Waals surface area contributed by atoms with Crippen molar-refractivity contribution in [2.45, 2.75) is 127 Å². The molecule has 1 aliphatic heterocycles. The molecule has 0 spiro atoms. The van der Waals surface area contributed by atoms with Crippen LogP contribution in [0.5, 0.6) is 0 Å². The number of hydrogen-bond donors (Lipinski definition) is 0. The van der Waals surface area contributed by atoms with Gasteiger partial charge in [-0.25, -0.2) is 0 Å². The lowest BCUT2D eigenvalue weighted by molar-refractivity contribution is -0.284. The molecule has 0 bridgehead atoms. The Morgan fingerprint density at radius 2 is 1.65 bits per heavy atom. The number of ketones is 1. The predicted octanol–water partition coefficient (Wildman–Crippen LogP) is 10.9. The van der Waals surface area contributed by atoms with Crippen LogP contribution in [0.2, 0.25) is 0 Å². The summed E-state index contributed by atoms with van der Waals surface area (Å²) >= 11 is 1.46. The van der Waals surface area contributed by atoms with Crippen molar-refractivity contribution in [3.05, 3.63) is 47.5 Å². The van der Waals surface area contributed by atoms with Crippen LogP contribution in [0.15, 0.2) is 36.4 Å². The molecule has 3 aliphatic carbocycles. The maximum atomic E-state index is 14.0.